The molecular formula is C20H24N8. The first-order valence-electron chi connectivity index (χ1n) is 9.52. The summed E-state index contributed by atoms with van der Waals surface area (Å²) in [6.07, 6.45) is 7.46. The minimum atomic E-state index is 0.388. The largest absolute Gasteiger partial charge is 0.373 e. The van der Waals surface area contributed by atoms with E-state index in [9.17, 15) is 0 Å². The van der Waals surface area contributed by atoms with Gasteiger partial charge in [-0.15, -0.1) is 0 Å². The Morgan fingerprint density at radius 3 is 2.86 bits per heavy atom. The molecule has 2 N–H and O–H groups in total. The van der Waals surface area contributed by atoms with Crippen LogP contribution in [0.5, 0.6) is 0 Å². The van der Waals surface area contributed by atoms with Gasteiger partial charge in [-0.2, -0.15) is 0 Å². The van der Waals surface area contributed by atoms with Gasteiger partial charge in [-0.25, -0.2) is 19.9 Å². The molecule has 28 heavy (non-hydrogen) atoms. The topological polar surface area (TPSA) is 91.8 Å². The normalized spacial score (nSPS) is 17.2. The van der Waals surface area contributed by atoms with Gasteiger partial charge in [0.25, 0.3) is 0 Å². The highest BCUT2D eigenvalue weighted by Gasteiger charge is 2.23. The lowest BCUT2D eigenvalue weighted by molar-refractivity contribution is 0.196. The van der Waals surface area contributed by atoms with Gasteiger partial charge in [0, 0.05) is 44.5 Å². The average molecular weight is 376 g/mol. The monoisotopic (exact) mass is 376 g/mol. The number of rotatable bonds is 6. The van der Waals surface area contributed by atoms with Crippen molar-refractivity contribution >= 4 is 17.6 Å². The summed E-state index contributed by atoms with van der Waals surface area (Å²) in [5.41, 5.74) is 2.17. The number of aromatic nitrogens is 5. The minimum absolute atomic E-state index is 0.388. The molecule has 0 amide bonds. The van der Waals surface area contributed by atoms with Gasteiger partial charge in [0.15, 0.2) is 0 Å². The first-order chi connectivity index (χ1) is 13.8. The van der Waals surface area contributed by atoms with E-state index in [4.69, 9.17) is 4.98 Å². The van der Waals surface area contributed by atoms with Crippen LogP contribution >= 0.6 is 0 Å². The number of nitrogens with zero attached hydrogens (tertiary/aromatic N) is 6. The van der Waals surface area contributed by atoms with Crippen LogP contribution in [0, 0.1) is 0 Å². The molecule has 4 heterocycles. The Morgan fingerprint density at radius 2 is 2.00 bits per heavy atom. The van der Waals surface area contributed by atoms with Crippen LogP contribution in [-0.4, -0.2) is 50.0 Å². The van der Waals surface area contributed by atoms with Gasteiger partial charge >= 0.3 is 0 Å². The standard InChI is InChI=1S/C20H24N8/c1-21-18-11-19(25-14-24-18)27-20-23-9-7-17(26-20)15-5-4-10-28(12-15)13-16-6-2-3-8-22-16/h2-3,6-9,11,14-15H,4-5,10,12-13H2,1H3,(H2,21,23,24,25,26,27)/t15-/m0/s1. The zero-order chi connectivity index (χ0) is 19.2. The van der Waals surface area contributed by atoms with Crippen LogP contribution in [0.15, 0.2) is 49.1 Å². The Hall–Kier alpha value is -3.13. The zero-order valence-electron chi connectivity index (χ0n) is 15.9. The van der Waals surface area contributed by atoms with Crippen LogP contribution < -0.4 is 10.6 Å². The van der Waals surface area contributed by atoms with Crippen molar-refractivity contribution in [3.05, 3.63) is 60.4 Å². The second-order valence-electron chi connectivity index (χ2n) is 6.86. The Morgan fingerprint density at radius 1 is 1.07 bits per heavy atom. The molecule has 0 saturated carbocycles. The Bertz CT molecular complexity index is 901. The van der Waals surface area contributed by atoms with Crippen LogP contribution in [0.1, 0.15) is 30.1 Å². The molecule has 1 atom stereocenters. The Balaban J connectivity index is 1.44. The summed E-state index contributed by atoms with van der Waals surface area (Å²) < 4.78 is 0. The van der Waals surface area contributed by atoms with Gasteiger partial charge in [-0.1, -0.05) is 6.07 Å². The molecule has 0 unspecified atom stereocenters. The third kappa shape index (κ3) is 4.58. The first kappa shape index (κ1) is 18.2. The van der Waals surface area contributed by atoms with Gasteiger partial charge in [-0.05, 0) is 37.6 Å². The van der Waals surface area contributed by atoms with E-state index in [1.807, 2.05) is 43.7 Å². The van der Waals surface area contributed by atoms with Crippen molar-refractivity contribution in [2.75, 3.05) is 30.8 Å². The van der Waals surface area contributed by atoms with E-state index < -0.39 is 0 Å². The number of anilines is 3. The van der Waals surface area contributed by atoms with E-state index in [-0.39, 0.29) is 0 Å². The number of piperidine rings is 1. The van der Waals surface area contributed by atoms with E-state index in [0.717, 1.165) is 49.7 Å². The van der Waals surface area contributed by atoms with Gasteiger partial charge in [0.05, 0.1) is 11.4 Å². The van der Waals surface area contributed by atoms with E-state index in [1.54, 1.807) is 0 Å². The summed E-state index contributed by atoms with van der Waals surface area (Å²) in [7, 11) is 1.82. The number of nitrogens with one attached hydrogen (secondary N) is 2. The number of pyridine rings is 1. The van der Waals surface area contributed by atoms with Crippen molar-refractivity contribution in [3.8, 4) is 0 Å². The highest BCUT2D eigenvalue weighted by molar-refractivity contribution is 5.52. The molecule has 1 saturated heterocycles. The molecular weight excluding hydrogens is 352 g/mol. The first-order valence-corrected chi connectivity index (χ1v) is 9.52. The number of likely N-dealkylation sites (tertiary alicyclic amines) is 1. The van der Waals surface area contributed by atoms with Gasteiger partial charge in [-0.3, -0.25) is 9.88 Å². The van der Waals surface area contributed by atoms with Crippen molar-refractivity contribution in [1.29, 1.82) is 0 Å². The van der Waals surface area contributed by atoms with E-state index in [0.29, 0.717) is 17.7 Å². The smallest absolute Gasteiger partial charge is 0.228 e. The molecule has 1 fully saturated rings. The fraction of sp³-hybridized carbons (Fsp3) is 0.350. The number of hydrogen-bond acceptors (Lipinski definition) is 8. The highest BCUT2D eigenvalue weighted by atomic mass is 15.2. The lowest BCUT2D eigenvalue weighted by atomic mass is 9.94. The quantitative estimate of drug-likeness (QED) is 0.679. The van der Waals surface area contributed by atoms with Gasteiger partial charge in [0.1, 0.15) is 18.0 Å². The molecule has 1 aliphatic heterocycles. The van der Waals surface area contributed by atoms with Crippen molar-refractivity contribution in [2.24, 2.45) is 0 Å². The van der Waals surface area contributed by atoms with Crippen LogP contribution in [0.2, 0.25) is 0 Å². The van der Waals surface area contributed by atoms with Gasteiger partial charge < -0.3 is 10.6 Å². The van der Waals surface area contributed by atoms with E-state index >= 15 is 0 Å². The van der Waals surface area contributed by atoms with Crippen LogP contribution in [-0.2, 0) is 6.54 Å². The Kier molecular flexibility index (Phi) is 5.67. The van der Waals surface area contributed by atoms with Crippen molar-refractivity contribution < 1.29 is 0 Å². The predicted molar refractivity (Wildman–Crippen MR) is 108 cm³/mol. The van der Waals surface area contributed by atoms with Gasteiger partial charge in [0.2, 0.25) is 5.95 Å². The molecule has 8 nitrogen and oxygen atoms in total. The van der Waals surface area contributed by atoms with Crippen molar-refractivity contribution in [2.45, 2.75) is 25.3 Å². The lowest BCUT2D eigenvalue weighted by Gasteiger charge is -2.32. The fourth-order valence-electron chi connectivity index (χ4n) is 3.50. The molecule has 0 radical (unpaired) electrons. The summed E-state index contributed by atoms with van der Waals surface area (Å²) in [5.74, 6) is 2.35. The highest BCUT2D eigenvalue weighted by Crippen LogP contribution is 2.27. The maximum atomic E-state index is 4.74. The summed E-state index contributed by atoms with van der Waals surface area (Å²) in [4.78, 5) is 24.3. The third-order valence-corrected chi connectivity index (χ3v) is 4.88. The van der Waals surface area contributed by atoms with Crippen LogP contribution in [0.25, 0.3) is 0 Å². The third-order valence-electron chi connectivity index (χ3n) is 4.88. The second-order valence-corrected chi connectivity index (χ2v) is 6.86. The molecule has 0 bridgehead atoms. The van der Waals surface area contributed by atoms with Crippen LogP contribution in [0.4, 0.5) is 17.6 Å². The van der Waals surface area contributed by atoms with Crippen molar-refractivity contribution in [1.82, 2.24) is 29.8 Å². The maximum Gasteiger partial charge on any atom is 0.228 e. The van der Waals surface area contributed by atoms with E-state index in [2.05, 4.69) is 41.5 Å². The molecule has 0 spiro atoms. The lowest BCUT2D eigenvalue weighted by Crippen LogP contribution is -2.34. The van der Waals surface area contributed by atoms with E-state index in [1.165, 1.54) is 6.33 Å². The molecule has 0 aromatic carbocycles. The molecule has 4 rings (SSSR count). The molecule has 144 valence electrons. The van der Waals surface area contributed by atoms with Crippen molar-refractivity contribution in [3.63, 3.8) is 0 Å². The summed E-state index contributed by atoms with van der Waals surface area (Å²) >= 11 is 0. The SMILES string of the molecule is CNc1cc(Nc2nccc([C@H]3CCCN(Cc4ccccn4)C3)n2)ncn1. The fourth-order valence-corrected chi connectivity index (χ4v) is 3.50. The number of hydrogen-bond donors (Lipinski definition) is 2. The second kappa shape index (κ2) is 8.71. The average Bonchev–Trinajstić information content (AvgIpc) is 2.75. The van der Waals surface area contributed by atoms with Crippen LogP contribution in [0.3, 0.4) is 0 Å². The predicted octanol–water partition coefficient (Wildman–Crippen LogP) is 2.83. The Labute approximate surface area is 164 Å². The molecule has 3 aromatic rings. The summed E-state index contributed by atoms with van der Waals surface area (Å²) in [6, 6.07) is 9.91. The molecule has 1 aliphatic rings. The molecule has 8 heteroatoms. The summed E-state index contributed by atoms with van der Waals surface area (Å²) in [5, 5.41) is 6.17. The minimum Gasteiger partial charge on any atom is -0.373 e. The maximum absolute atomic E-state index is 4.74. The molecule has 3 aromatic heterocycles. The molecule has 0 aliphatic carbocycles. The zero-order valence-corrected chi connectivity index (χ0v) is 15.9. The summed E-state index contributed by atoms with van der Waals surface area (Å²) in [6.45, 7) is 2.95.